The summed E-state index contributed by atoms with van der Waals surface area (Å²) in [5.74, 6) is -2.51. The van der Waals surface area contributed by atoms with Gasteiger partial charge < -0.3 is 15.4 Å². The van der Waals surface area contributed by atoms with E-state index in [1.54, 1.807) is 24.3 Å². The molecule has 0 atom stereocenters. The van der Waals surface area contributed by atoms with Crippen molar-refractivity contribution in [2.24, 2.45) is 0 Å². The Morgan fingerprint density at radius 1 is 0.970 bits per heavy atom. The van der Waals surface area contributed by atoms with Crippen molar-refractivity contribution in [2.75, 3.05) is 0 Å². The maximum atomic E-state index is 13.9. The third-order valence-electron chi connectivity index (χ3n) is 5.17. The van der Waals surface area contributed by atoms with E-state index < -0.39 is 36.0 Å². The minimum atomic E-state index is -4.62. The van der Waals surface area contributed by atoms with E-state index in [4.69, 9.17) is 0 Å². The number of fused-ring (bicyclic) bond motifs is 1. The van der Waals surface area contributed by atoms with Crippen molar-refractivity contribution in [3.05, 3.63) is 94.9 Å². The summed E-state index contributed by atoms with van der Waals surface area (Å²) in [6.07, 6.45) is -4.62. The lowest BCUT2D eigenvalue weighted by molar-refractivity contribution is -0.137. The smallest absolute Gasteiger partial charge is 0.416 e. The molecule has 0 aliphatic rings. The maximum Gasteiger partial charge on any atom is 0.416 e. The Kier molecular flexibility index (Phi) is 5.63. The van der Waals surface area contributed by atoms with Gasteiger partial charge in [0.15, 0.2) is 0 Å². The standard InChI is InChI=1S/C24H16F4N2O3/c25-19-9-8-16(24(26,27)28)10-15(19)12-29-22(31)14-6-4-13(5-7-14)17-2-1-3-20-18(17)11-21(30-20)23(32)33/h1-11,30H,12H2,(H,29,31)(H,32,33). The molecule has 0 aliphatic heterocycles. The molecule has 1 heterocycles. The number of alkyl halides is 3. The first-order valence-corrected chi connectivity index (χ1v) is 9.73. The molecule has 0 fully saturated rings. The number of carbonyl (C=O) groups is 2. The van der Waals surface area contributed by atoms with Gasteiger partial charge in [-0.15, -0.1) is 0 Å². The second-order valence-corrected chi connectivity index (χ2v) is 7.32. The molecule has 9 heteroatoms. The van der Waals surface area contributed by atoms with Gasteiger partial charge in [-0.2, -0.15) is 13.2 Å². The quantitative estimate of drug-likeness (QED) is 0.341. The first-order chi connectivity index (χ1) is 15.6. The summed E-state index contributed by atoms with van der Waals surface area (Å²) in [4.78, 5) is 26.5. The topological polar surface area (TPSA) is 82.2 Å². The number of nitrogens with one attached hydrogen (secondary N) is 2. The number of H-pyrrole nitrogens is 1. The second-order valence-electron chi connectivity index (χ2n) is 7.32. The number of amides is 1. The van der Waals surface area contributed by atoms with E-state index >= 15 is 0 Å². The van der Waals surface area contributed by atoms with Crippen LogP contribution in [-0.4, -0.2) is 22.0 Å². The van der Waals surface area contributed by atoms with Crippen molar-refractivity contribution in [3.8, 4) is 11.1 Å². The average Bonchev–Trinajstić information content (AvgIpc) is 3.22. The van der Waals surface area contributed by atoms with Crippen LogP contribution in [0.1, 0.15) is 32.0 Å². The highest BCUT2D eigenvalue weighted by atomic mass is 19.4. The zero-order chi connectivity index (χ0) is 23.8. The Morgan fingerprint density at radius 2 is 1.70 bits per heavy atom. The van der Waals surface area contributed by atoms with Crippen LogP contribution in [0.4, 0.5) is 17.6 Å². The molecule has 1 amide bonds. The van der Waals surface area contributed by atoms with Gasteiger partial charge in [0, 0.05) is 28.6 Å². The molecule has 4 rings (SSSR count). The number of carbonyl (C=O) groups excluding carboxylic acids is 1. The van der Waals surface area contributed by atoms with Gasteiger partial charge in [-0.1, -0.05) is 24.3 Å². The number of aromatic carboxylic acids is 1. The van der Waals surface area contributed by atoms with Crippen LogP contribution in [0.3, 0.4) is 0 Å². The Bertz CT molecular complexity index is 1360. The fourth-order valence-electron chi connectivity index (χ4n) is 3.49. The zero-order valence-electron chi connectivity index (χ0n) is 16.8. The van der Waals surface area contributed by atoms with E-state index in [0.29, 0.717) is 23.0 Å². The Balaban J connectivity index is 1.52. The normalized spacial score (nSPS) is 11.5. The summed E-state index contributed by atoms with van der Waals surface area (Å²) in [6.45, 7) is -0.406. The van der Waals surface area contributed by atoms with Crippen LogP contribution < -0.4 is 5.32 Å². The number of hydrogen-bond acceptors (Lipinski definition) is 2. The molecule has 1 aromatic heterocycles. The third kappa shape index (κ3) is 4.57. The predicted octanol–water partition coefficient (Wildman–Crippen LogP) is 5.62. The van der Waals surface area contributed by atoms with Crippen LogP contribution in [0.15, 0.2) is 66.7 Å². The molecular weight excluding hydrogens is 440 g/mol. The summed E-state index contributed by atoms with van der Waals surface area (Å²) >= 11 is 0. The van der Waals surface area contributed by atoms with E-state index in [1.807, 2.05) is 6.07 Å². The molecule has 0 bridgehead atoms. The van der Waals surface area contributed by atoms with Gasteiger partial charge in [-0.25, -0.2) is 9.18 Å². The lowest BCUT2D eigenvalue weighted by atomic mass is 10.00. The molecular formula is C24H16F4N2O3. The lowest BCUT2D eigenvalue weighted by Gasteiger charge is -2.11. The molecule has 0 aliphatic carbocycles. The first-order valence-electron chi connectivity index (χ1n) is 9.73. The molecule has 168 valence electrons. The van der Waals surface area contributed by atoms with Crippen LogP contribution in [-0.2, 0) is 12.7 Å². The molecule has 4 aromatic rings. The van der Waals surface area contributed by atoms with Crippen LogP contribution in [0.25, 0.3) is 22.0 Å². The molecule has 0 unspecified atom stereocenters. The average molecular weight is 456 g/mol. The molecule has 0 spiro atoms. The molecule has 0 radical (unpaired) electrons. The molecule has 0 saturated heterocycles. The number of hydrogen-bond donors (Lipinski definition) is 3. The van der Waals surface area contributed by atoms with Crippen LogP contribution >= 0.6 is 0 Å². The molecule has 5 nitrogen and oxygen atoms in total. The first kappa shape index (κ1) is 22.1. The Morgan fingerprint density at radius 3 is 2.36 bits per heavy atom. The fraction of sp³-hybridized carbons (Fsp3) is 0.0833. The Hall–Kier alpha value is -4.14. The number of aromatic amines is 1. The number of aromatic nitrogens is 1. The van der Waals surface area contributed by atoms with Gasteiger partial charge >= 0.3 is 12.1 Å². The summed E-state index contributed by atoms with van der Waals surface area (Å²) in [6, 6.07) is 15.3. The summed E-state index contributed by atoms with van der Waals surface area (Å²) in [7, 11) is 0. The second kappa shape index (κ2) is 8.42. The van der Waals surface area contributed by atoms with Crippen molar-refractivity contribution >= 4 is 22.8 Å². The van der Waals surface area contributed by atoms with Crippen molar-refractivity contribution in [1.29, 1.82) is 0 Å². The van der Waals surface area contributed by atoms with Crippen molar-refractivity contribution in [1.82, 2.24) is 10.3 Å². The van der Waals surface area contributed by atoms with E-state index in [9.17, 15) is 32.3 Å². The monoisotopic (exact) mass is 456 g/mol. The molecule has 3 aromatic carbocycles. The summed E-state index contributed by atoms with van der Waals surface area (Å²) in [5, 5.41) is 12.3. The maximum absolute atomic E-state index is 13.9. The molecule has 33 heavy (non-hydrogen) atoms. The number of rotatable bonds is 5. The number of carboxylic acid groups (broad SMARTS) is 1. The van der Waals surface area contributed by atoms with Crippen LogP contribution in [0.2, 0.25) is 0 Å². The van der Waals surface area contributed by atoms with E-state index in [2.05, 4.69) is 10.3 Å². The fourth-order valence-corrected chi connectivity index (χ4v) is 3.49. The Labute approximate surface area is 184 Å². The highest BCUT2D eigenvalue weighted by Gasteiger charge is 2.31. The van der Waals surface area contributed by atoms with Crippen molar-refractivity contribution in [2.45, 2.75) is 12.7 Å². The number of carboxylic acids is 1. The lowest BCUT2D eigenvalue weighted by Crippen LogP contribution is -2.23. The highest BCUT2D eigenvalue weighted by molar-refractivity contribution is 6.01. The minimum Gasteiger partial charge on any atom is -0.477 e. The van der Waals surface area contributed by atoms with Crippen LogP contribution in [0, 0.1) is 5.82 Å². The van der Waals surface area contributed by atoms with Gasteiger partial charge in [0.05, 0.1) is 5.56 Å². The van der Waals surface area contributed by atoms with E-state index in [1.165, 1.54) is 18.2 Å². The third-order valence-corrected chi connectivity index (χ3v) is 5.17. The SMILES string of the molecule is O=C(NCc1cc(C(F)(F)F)ccc1F)c1ccc(-c2cccc3[nH]c(C(=O)O)cc23)cc1. The van der Waals surface area contributed by atoms with E-state index in [-0.39, 0.29) is 16.8 Å². The summed E-state index contributed by atoms with van der Waals surface area (Å²) < 4.78 is 52.4. The van der Waals surface area contributed by atoms with Crippen molar-refractivity contribution < 1.29 is 32.3 Å². The summed E-state index contributed by atoms with van der Waals surface area (Å²) in [5.41, 5.74) is 1.15. The number of halogens is 4. The van der Waals surface area contributed by atoms with E-state index in [0.717, 1.165) is 17.2 Å². The number of benzene rings is 3. The molecule has 3 N–H and O–H groups in total. The largest absolute Gasteiger partial charge is 0.477 e. The van der Waals surface area contributed by atoms with Gasteiger partial charge in [0.1, 0.15) is 11.5 Å². The zero-order valence-corrected chi connectivity index (χ0v) is 16.8. The minimum absolute atomic E-state index is 0.0512. The molecule has 0 saturated carbocycles. The van der Waals surface area contributed by atoms with Gasteiger partial charge in [-0.3, -0.25) is 4.79 Å². The highest BCUT2D eigenvalue weighted by Crippen LogP contribution is 2.31. The van der Waals surface area contributed by atoms with Crippen LogP contribution in [0.5, 0.6) is 0 Å². The van der Waals surface area contributed by atoms with Gasteiger partial charge in [-0.05, 0) is 53.6 Å². The van der Waals surface area contributed by atoms with Crippen molar-refractivity contribution in [3.63, 3.8) is 0 Å². The van der Waals surface area contributed by atoms with Gasteiger partial charge in [0.2, 0.25) is 0 Å². The predicted molar refractivity (Wildman–Crippen MR) is 113 cm³/mol. The van der Waals surface area contributed by atoms with Gasteiger partial charge in [0.25, 0.3) is 5.91 Å².